The predicted molar refractivity (Wildman–Crippen MR) is 85.2 cm³/mol. The lowest BCUT2D eigenvalue weighted by atomic mass is 10.2. The number of nitrogens with zero attached hydrogens (tertiary/aromatic N) is 1. The quantitative estimate of drug-likeness (QED) is 0.702. The first-order valence-electron chi connectivity index (χ1n) is 6.23. The van der Waals surface area contributed by atoms with Gasteiger partial charge in [-0.25, -0.2) is 4.98 Å². The molecule has 0 radical (unpaired) electrons. The molecule has 100 valence electrons. The SMILES string of the molecule is Oc1ccc(SCc2csc(-c3ccccc3)n2)cc1. The van der Waals surface area contributed by atoms with Gasteiger partial charge in [-0.05, 0) is 24.3 Å². The number of phenols is 1. The van der Waals surface area contributed by atoms with E-state index in [4.69, 9.17) is 0 Å². The minimum atomic E-state index is 0.300. The molecule has 20 heavy (non-hydrogen) atoms. The van der Waals surface area contributed by atoms with Gasteiger partial charge in [0.15, 0.2) is 0 Å². The fourth-order valence-electron chi connectivity index (χ4n) is 1.79. The van der Waals surface area contributed by atoms with Crippen LogP contribution in [0.5, 0.6) is 5.75 Å². The number of thiazole rings is 1. The van der Waals surface area contributed by atoms with Crippen molar-refractivity contribution in [3.8, 4) is 16.3 Å². The number of hydrogen-bond donors (Lipinski definition) is 1. The number of thioether (sulfide) groups is 1. The summed E-state index contributed by atoms with van der Waals surface area (Å²) in [4.78, 5) is 5.80. The second kappa shape index (κ2) is 6.11. The maximum Gasteiger partial charge on any atom is 0.123 e. The molecule has 0 saturated carbocycles. The van der Waals surface area contributed by atoms with Crippen LogP contribution in [0.4, 0.5) is 0 Å². The third-order valence-electron chi connectivity index (χ3n) is 2.80. The highest BCUT2D eigenvalue weighted by atomic mass is 32.2. The Hall–Kier alpha value is -1.78. The first kappa shape index (κ1) is 13.2. The van der Waals surface area contributed by atoms with Gasteiger partial charge in [0, 0.05) is 21.6 Å². The van der Waals surface area contributed by atoms with E-state index < -0.39 is 0 Å². The summed E-state index contributed by atoms with van der Waals surface area (Å²) in [6.07, 6.45) is 0. The summed E-state index contributed by atoms with van der Waals surface area (Å²) in [7, 11) is 0. The van der Waals surface area contributed by atoms with E-state index in [1.165, 1.54) is 5.56 Å². The van der Waals surface area contributed by atoms with Crippen LogP contribution < -0.4 is 0 Å². The Morgan fingerprint density at radius 2 is 1.75 bits per heavy atom. The Morgan fingerprint density at radius 1 is 1.00 bits per heavy atom. The molecule has 0 unspecified atom stereocenters. The second-order valence-corrected chi connectivity index (χ2v) is 6.20. The van der Waals surface area contributed by atoms with E-state index in [0.29, 0.717) is 5.75 Å². The van der Waals surface area contributed by atoms with Crippen LogP contribution >= 0.6 is 23.1 Å². The Kier molecular flexibility index (Phi) is 4.04. The van der Waals surface area contributed by atoms with Crippen molar-refractivity contribution < 1.29 is 5.11 Å². The molecule has 0 fully saturated rings. The van der Waals surface area contributed by atoms with Crippen molar-refractivity contribution in [3.63, 3.8) is 0 Å². The molecule has 3 rings (SSSR count). The fraction of sp³-hybridized carbons (Fsp3) is 0.0625. The predicted octanol–water partition coefficient (Wildman–Crippen LogP) is 4.81. The van der Waals surface area contributed by atoms with Crippen molar-refractivity contribution in [2.24, 2.45) is 0 Å². The van der Waals surface area contributed by atoms with Gasteiger partial charge in [0.25, 0.3) is 0 Å². The maximum atomic E-state index is 9.25. The molecule has 4 heteroatoms. The number of benzene rings is 2. The molecule has 2 nitrogen and oxygen atoms in total. The fourth-order valence-corrected chi connectivity index (χ4v) is 3.51. The summed E-state index contributed by atoms with van der Waals surface area (Å²) in [5.74, 6) is 1.14. The molecule has 0 spiro atoms. The van der Waals surface area contributed by atoms with Crippen molar-refractivity contribution in [1.29, 1.82) is 0 Å². The molecule has 3 aromatic rings. The number of phenolic OH excluding ortho intramolecular Hbond substituents is 1. The first-order chi connectivity index (χ1) is 9.81. The van der Waals surface area contributed by atoms with Crippen LogP contribution in [0.1, 0.15) is 5.69 Å². The van der Waals surface area contributed by atoms with Crippen molar-refractivity contribution in [3.05, 3.63) is 65.7 Å². The van der Waals surface area contributed by atoms with Gasteiger partial charge in [0.1, 0.15) is 10.8 Å². The lowest BCUT2D eigenvalue weighted by molar-refractivity contribution is 0.475. The van der Waals surface area contributed by atoms with Crippen LogP contribution in [-0.2, 0) is 5.75 Å². The van der Waals surface area contributed by atoms with E-state index in [2.05, 4.69) is 22.5 Å². The Balaban J connectivity index is 1.67. The minimum absolute atomic E-state index is 0.300. The number of hydrogen-bond acceptors (Lipinski definition) is 4. The topological polar surface area (TPSA) is 33.1 Å². The highest BCUT2D eigenvalue weighted by molar-refractivity contribution is 7.98. The average molecular weight is 299 g/mol. The highest BCUT2D eigenvalue weighted by Crippen LogP contribution is 2.28. The van der Waals surface area contributed by atoms with E-state index in [-0.39, 0.29) is 0 Å². The molecule has 1 N–H and O–H groups in total. The van der Waals surface area contributed by atoms with Crippen molar-refractivity contribution in [1.82, 2.24) is 4.98 Å². The third kappa shape index (κ3) is 3.21. The summed E-state index contributed by atoms with van der Waals surface area (Å²) in [5, 5.41) is 12.4. The normalized spacial score (nSPS) is 10.6. The lowest BCUT2D eigenvalue weighted by Crippen LogP contribution is -1.81. The zero-order chi connectivity index (χ0) is 13.8. The van der Waals surface area contributed by atoms with Gasteiger partial charge in [-0.15, -0.1) is 23.1 Å². The van der Waals surface area contributed by atoms with Crippen LogP contribution in [0, 0.1) is 0 Å². The number of aromatic hydroxyl groups is 1. The van der Waals surface area contributed by atoms with E-state index in [1.807, 2.05) is 30.3 Å². The Labute approximate surface area is 126 Å². The number of aromatic nitrogens is 1. The molecule has 1 aromatic heterocycles. The minimum Gasteiger partial charge on any atom is -0.508 e. The molecule has 0 saturated heterocycles. The first-order valence-corrected chi connectivity index (χ1v) is 8.09. The van der Waals surface area contributed by atoms with Crippen molar-refractivity contribution in [2.45, 2.75) is 10.6 Å². The maximum absolute atomic E-state index is 9.25. The molecule has 0 aliphatic heterocycles. The number of rotatable bonds is 4. The van der Waals surface area contributed by atoms with Crippen LogP contribution in [0.25, 0.3) is 10.6 Å². The molecular weight excluding hydrogens is 286 g/mol. The Bertz CT molecular complexity index is 677. The summed E-state index contributed by atoms with van der Waals surface area (Å²) in [6, 6.07) is 17.5. The summed E-state index contributed by atoms with van der Waals surface area (Å²) in [5.41, 5.74) is 2.25. The molecule has 2 aromatic carbocycles. The lowest BCUT2D eigenvalue weighted by Gasteiger charge is -1.99. The van der Waals surface area contributed by atoms with E-state index in [1.54, 1.807) is 35.2 Å². The summed E-state index contributed by atoms with van der Waals surface area (Å²) >= 11 is 3.40. The zero-order valence-electron chi connectivity index (χ0n) is 10.7. The van der Waals surface area contributed by atoms with Gasteiger partial charge in [-0.3, -0.25) is 0 Å². The van der Waals surface area contributed by atoms with Crippen LogP contribution in [0.2, 0.25) is 0 Å². The average Bonchev–Trinajstić information content (AvgIpc) is 2.97. The molecule has 0 aliphatic carbocycles. The van der Waals surface area contributed by atoms with Crippen molar-refractivity contribution in [2.75, 3.05) is 0 Å². The molecule has 0 amide bonds. The van der Waals surface area contributed by atoms with E-state index in [0.717, 1.165) is 21.3 Å². The van der Waals surface area contributed by atoms with Gasteiger partial charge >= 0.3 is 0 Å². The summed E-state index contributed by atoms with van der Waals surface area (Å²) < 4.78 is 0. The standard InChI is InChI=1S/C16H13NOS2/c18-14-6-8-15(9-7-14)19-10-13-11-20-16(17-13)12-4-2-1-3-5-12/h1-9,11,18H,10H2. The van der Waals surface area contributed by atoms with Crippen LogP contribution in [-0.4, -0.2) is 10.1 Å². The largest absolute Gasteiger partial charge is 0.508 e. The molecule has 0 aliphatic rings. The van der Waals surface area contributed by atoms with E-state index in [9.17, 15) is 5.11 Å². The van der Waals surface area contributed by atoms with Gasteiger partial charge in [0.05, 0.1) is 5.69 Å². The summed E-state index contributed by atoms with van der Waals surface area (Å²) in [6.45, 7) is 0. The molecule has 0 bridgehead atoms. The second-order valence-electron chi connectivity index (χ2n) is 4.29. The van der Waals surface area contributed by atoms with Crippen molar-refractivity contribution >= 4 is 23.1 Å². The Morgan fingerprint density at radius 3 is 2.50 bits per heavy atom. The van der Waals surface area contributed by atoms with Gasteiger partial charge in [0.2, 0.25) is 0 Å². The van der Waals surface area contributed by atoms with Gasteiger partial charge in [-0.1, -0.05) is 30.3 Å². The van der Waals surface area contributed by atoms with Gasteiger partial charge in [-0.2, -0.15) is 0 Å². The molecule has 0 atom stereocenters. The zero-order valence-corrected chi connectivity index (χ0v) is 12.3. The highest BCUT2D eigenvalue weighted by Gasteiger charge is 2.05. The van der Waals surface area contributed by atoms with Gasteiger partial charge < -0.3 is 5.11 Å². The van der Waals surface area contributed by atoms with Crippen LogP contribution in [0.15, 0.2) is 64.9 Å². The molecule has 1 heterocycles. The monoisotopic (exact) mass is 299 g/mol. The molecular formula is C16H13NOS2. The van der Waals surface area contributed by atoms with E-state index >= 15 is 0 Å². The van der Waals surface area contributed by atoms with Crippen LogP contribution in [0.3, 0.4) is 0 Å². The third-order valence-corrected chi connectivity index (χ3v) is 4.78. The smallest absolute Gasteiger partial charge is 0.123 e.